The van der Waals surface area contributed by atoms with Crippen molar-refractivity contribution < 1.29 is 9.59 Å². The molecule has 0 aromatic heterocycles. The first-order chi connectivity index (χ1) is 18.2. The number of urea groups is 1. The van der Waals surface area contributed by atoms with Gasteiger partial charge in [0.05, 0.1) is 0 Å². The van der Waals surface area contributed by atoms with E-state index in [4.69, 9.17) is 0 Å². The summed E-state index contributed by atoms with van der Waals surface area (Å²) in [5.74, 6) is 0.0409. The lowest BCUT2D eigenvalue weighted by Gasteiger charge is -2.44. The van der Waals surface area contributed by atoms with Gasteiger partial charge in [-0.3, -0.25) is 14.6 Å². The Labute approximate surface area is 227 Å². The maximum absolute atomic E-state index is 14.2. The predicted molar refractivity (Wildman–Crippen MR) is 151 cm³/mol. The molecule has 2 aromatic carbocycles. The fourth-order valence-electron chi connectivity index (χ4n) is 7.08. The second-order valence-corrected chi connectivity index (χ2v) is 13.1. The van der Waals surface area contributed by atoms with Crippen molar-refractivity contribution in [3.8, 4) is 0 Å². The lowest BCUT2D eigenvalue weighted by molar-refractivity contribution is -0.137. The van der Waals surface area contributed by atoms with Crippen molar-refractivity contribution in [3.05, 3.63) is 65.2 Å². The van der Waals surface area contributed by atoms with Gasteiger partial charge in [0.2, 0.25) is 0 Å². The Morgan fingerprint density at radius 1 is 0.842 bits per heavy atom. The molecule has 38 heavy (non-hydrogen) atoms. The van der Waals surface area contributed by atoms with Gasteiger partial charge in [-0.2, -0.15) is 0 Å². The summed E-state index contributed by atoms with van der Waals surface area (Å²) in [4.78, 5) is 36.7. The summed E-state index contributed by atoms with van der Waals surface area (Å²) in [5.41, 5.74) is 4.39. The SMILES string of the molecule is CC(C)(C)CN1C(=O)N(C2Cc3ccccc3C2)C(=O)C12CCN(Cc1ccc(N3CCCC3)cc1)CC2. The van der Waals surface area contributed by atoms with E-state index in [-0.39, 0.29) is 23.4 Å². The zero-order valence-electron chi connectivity index (χ0n) is 23.3. The van der Waals surface area contributed by atoms with Crippen LogP contribution < -0.4 is 4.90 Å². The van der Waals surface area contributed by atoms with Crippen LogP contribution in [0.25, 0.3) is 0 Å². The smallest absolute Gasteiger partial charge is 0.327 e. The molecule has 1 aliphatic carbocycles. The Bertz CT molecular complexity index is 1160. The third-order valence-electron chi connectivity index (χ3n) is 9.09. The Balaban J connectivity index is 1.17. The summed E-state index contributed by atoms with van der Waals surface area (Å²) in [7, 11) is 0. The van der Waals surface area contributed by atoms with Crippen molar-refractivity contribution in [1.82, 2.24) is 14.7 Å². The van der Waals surface area contributed by atoms with Crippen LogP contribution in [0.15, 0.2) is 48.5 Å². The van der Waals surface area contributed by atoms with Gasteiger partial charge in [0.1, 0.15) is 5.54 Å². The minimum Gasteiger partial charge on any atom is -0.372 e. The number of fused-ring (bicyclic) bond motifs is 1. The molecule has 6 rings (SSSR count). The van der Waals surface area contributed by atoms with Gasteiger partial charge in [0.25, 0.3) is 5.91 Å². The molecule has 6 nitrogen and oxygen atoms in total. The van der Waals surface area contributed by atoms with Crippen molar-refractivity contribution in [2.45, 2.75) is 77.4 Å². The maximum atomic E-state index is 14.2. The first kappa shape index (κ1) is 25.4. The average Bonchev–Trinajstić information content (AvgIpc) is 3.61. The highest BCUT2D eigenvalue weighted by Gasteiger charge is 2.60. The molecule has 2 aromatic rings. The third-order valence-corrected chi connectivity index (χ3v) is 9.09. The number of carbonyl (C=O) groups is 2. The van der Waals surface area contributed by atoms with Gasteiger partial charge in [0, 0.05) is 51.0 Å². The topological polar surface area (TPSA) is 47.1 Å². The van der Waals surface area contributed by atoms with Gasteiger partial charge in [-0.15, -0.1) is 0 Å². The molecule has 1 spiro atoms. The highest BCUT2D eigenvalue weighted by atomic mass is 16.2. The number of piperidine rings is 1. The molecule has 3 heterocycles. The molecule has 6 heteroatoms. The average molecular weight is 515 g/mol. The Kier molecular flexibility index (Phi) is 6.50. The number of hydrogen-bond acceptors (Lipinski definition) is 4. The van der Waals surface area contributed by atoms with Crippen molar-refractivity contribution in [3.63, 3.8) is 0 Å². The van der Waals surface area contributed by atoms with E-state index in [0.717, 1.165) is 45.6 Å². The number of imide groups is 1. The Morgan fingerprint density at radius 2 is 1.45 bits per heavy atom. The summed E-state index contributed by atoms with van der Waals surface area (Å²) in [5, 5.41) is 0. The molecule has 0 unspecified atom stereocenters. The Hall–Kier alpha value is -2.86. The number of hydrogen-bond donors (Lipinski definition) is 0. The molecule has 0 N–H and O–H groups in total. The van der Waals surface area contributed by atoms with Crippen LogP contribution in [0, 0.1) is 5.41 Å². The van der Waals surface area contributed by atoms with Gasteiger partial charge < -0.3 is 9.80 Å². The summed E-state index contributed by atoms with van der Waals surface area (Å²) < 4.78 is 0. The minimum absolute atomic E-state index is 0.0409. The molecule has 0 radical (unpaired) electrons. The molecular formula is C32H42N4O2. The van der Waals surface area contributed by atoms with Crippen LogP contribution in [-0.2, 0) is 24.2 Å². The number of benzene rings is 2. The molecule has 3 fully saturated rings. The van der Waals surface area contributed by atoms with Crippen LogP contribution in [0.3, 0.4) is 0 Å². The fourth-order valence-corrected chi connectivity index (χ4v) is 7.08. The second kappa shape index (κ2) is 9.71. The van der Waals surface area contributed by atoms with E-state index >= 15 is 0 Å². The predicted octanol–water partition coefficient (Wildman–Crippen LogP) is 5.10. The molecule has 0 bridgehead atoms. The van der Waals surface area contributed by atoms with Gasteiger partial charge >= 0.3 is 6.03 Å². The van der Waals surface area contributed by atoms with Crippen LogP contribution in [0.1, 0.15) is 63.1 Å². The minimum atomic E-state index is -0.713. The van der Waals surface area contributed by atoms with E-state index in [0.29, 0.717) is 19.4 Å². The number of carbonyl (C=O) groups excluding carboxylic acids is 2. The summed E-state index contributed by atoms with van der Waals surface area (Å²) in [6, 6.07) is 17.3. The molecule has 3 amide bonds. The van der Waals surface area contributed by atoms with Crippen LogP contribution in [0.2, 0.25) is 0 Å². The number of nitrogens with zero attached hydrogens (tertiary/aromatic N) is 4. The molecular weight excluding hydrogens is 472 g/mol. The van der Waals surface area contributed by atoms with E-state index in [1.807, 2.05) is 4.90 Å². The normalized spacial score (nSPS) is 22.2. The zero-order chi connectivity index (χ0) is 26.5. The second-order valence-electron chi connectivity index (χ2n) is 13.1. The monoisotopic (exact) mass is 514 g/mol. The number of anilines is 1. The van der Waals surface area contributed by atoms with Crippen molar-refractivity contribution in [2.75, 3.05) is 37.6 Å². The first-order valence-corrected chi connectivity index (χ1v) is 14.5. The highest BCUT2D eigenvalue weighted by Crippen LogP contribution is 2.42. The third kappa shape index (κ3) is 4.61. The number of amides is 3. The fraction of sp³-hybridized carbons (Fsp3) is 0.562. The van der Waals surface area contributed by atoms with Crippen molar-refractivity contribution in [2.24, 2.45) is 5.41 Å². The van der Waals surface area contributed by atoms with Gasteiger partial charge in [-0.1, -0.05) is 57.2 Å². The summed E-state index contributed by atoms with van der Waals surface area (Å²) in [6.07, 6.45) is 5.52. The summed E-state index contributed by atoms with van der Waals surface area (Å²) in [6.45, 7) is 11.9. The van der Waals surface area contributed by atoms with Crippen molar-refractivity contribution >= 4 is 17.6 Å². The lowest BCUT2D eigenvalue weighted by atomic mass is 9.83. The highest BCUT2D eigenvalue weighted by molar-refractivity contribution is 6.07. The van der Waals surface area contributed by atoms with Crippen molar-refractivity contribution in [1.29, 1.82) is 0 Å². The van der Waals surface area contributed by atoms with E-state index in [1.165, 1.54) is 35.2 Å². The molecule has 0 saturated carbocycles. The van der Waals surface area contributed by atoms with E-state index in [2.05, 4.69) is 79.1 Å². The Morgan fingerprint density at radius 3 is 2.03 bits per heavy atom. The summed E-state index contributed by atoms with van der Waals surface area (Å²) >= 11 is 0. The first-order valence-electron chi connectivity index (χ1n) is 14.5. The molecule has 4 aliphatic rings. The molecule has 3 saturated heterocycles. The molecule has 3 aliphatic heterocycles. The van der Waals surface area contributed by atoms with E-state index in [9.17, 15) is 9.59 Å². The molecule has 0 atom stereocenters. The van der Waals surface area contributed by atoms with Crippen LogP contribution in [0.5, 0.6) is 0 Å². The zero-order valence-corrected chi connectivity index (χ0v) is 23.3. The van der Waals surface area contributed by atoms with E-state index in [1.54, 1.807) is 4.90 Å². The lowest BCUT2D eigenvalue weighted by Crippen LogP contribution is -2.58. The quantitative estimate of drug-likeness (QED) is 0.521. The van der Waals surface area contributed by atoms with Gasteiger partial charge in [-0.05, 0) is 72.8 Å². The van der Waals surface area contributed by atoms with Gasteiger partial charge in [-0.25, -0.2) is 4.79 Å². The van der Waals surface area contributed by atoms with Crippen LogP contribution in [0.4, 0.5) is 10.5 Å². The molecule has 202 valence electrons. The standard InChI is InChI=1S/C32H42N4O2/c1-31(2,3)23-35-30(38)36(28-20-25-8-4-5-9-26(25)21-28)29(37)32(35)14-18-33(19-15-32)22-24-10-12-27(13-11-24)34-16-6-7-17-34/h4-5,8-13,28H,6-7,14-23H2,1-3H3. The largest absolute Gasteiger partial charge is 0.372 e. The van der Waals surface area contributed by atoms with Crippen LogP contribution in [-0.4, -0.2) is 70.9 Å². The van der Waals surface area contributed by atoms with Gasteiger partial charge in [0.15, 0.2) is 0 Å². The number of likely N-dealkylation sites (tertiary alicyclic amines) is 1. The maximum Gasteiger partial charge on any atom is 0.327 e. The van der Waals surface area contributed by atoms with E-state index < -0.39 is 5.54 Å². The van der Waals surface area contributed by atoms with Crippen LogP contribution >= 0.6 is 0 Å². The number of rotatable bonds is 5.